The Morgan fingerprint density at radius 2 is 2.19 bits per heavy atom. The molecule has 0 aromatic carbocycles. The van der Waals surface area contributed by atoms with Gasteiger partial charge in [0.25, 0.3) is 5.91 Å². The van der Waals surface area contributed by atoms with Crippen LogP contribution in [-0.4, -0.2) is 44.7 Å². The van der Waals surface area contributed by atoms with Crippen LogP contribution in [0.2, 0.25) is 0 Å². The molecule has 1 aromatic heterocycles. The predicted molar refractivity (Wildman–Crippen MR) is 76.0 cm³/mol. The number of amides is 1. The van der Waals surface area contributed by atoms with Crippen LogP contribution in [0, 0.1) is 11.8 Å². The number of carboxylic acid groups (broad SMARTS) is 1. The van der Waals surface area contributed by atoms with Crippen molar-refractivity contribution >= 4 is 11.9 Å². The minimum absolute atomic E-state index is 0.106. The molecule has 6 nitrogen and oxygen atoms in total. The highest BCUT2D eigenvalue weighted by atomic mass is 16.4. The van der Waals surface area contributed by atoms with Crippen molar-refractivity contribution in [2.75, 3.05) is 6.54 Å². The maximum Gasteiger partial charge on any atom is 0.326 e. The molecule has 3 unspecified atom stereocenters. The Balaban J connectivity index is 1.84. The number of likely N-dealkylation sites (tertiary alicyclic amines) is 1. The van der Waals surface area contributed by atoms with E-state index in [4.69, 9.17) is 0 Å². The van der Waals surface area contributed by atoms with Gasteiger partial charge in [0.15, 0.2) is 0 Å². The second kappa shape index (κ2) is 5.16. The van der Waals surface area contributed by atoms with Gasteiger partial charge in [-0.15, -0.1) is 0 Å². The Morgan fingerprint density at radius 3 is 2.81 bits per heavy atom. The number of hydrogen-bond acceptors (Lipinski definition) is 3. The summed E-state index contributed by atoms with van der Waals surface area (Å²) in [6.07, 6.45) is 3.00. The molecule has 0 bridgehead atoms. The molecule has 2 N–H and O–H groups in total. The largest absolute Gasteiger partial charge is 0.480 e. The summed E-state index contributed by atoms with van der Waals surface area (Å²) in [5, 5.41) is 16.4. The normalized spacial score (nSPS) is 28.1. The molecule has 6 heteroatoms. The van der Waals surface area contributed by atoms with Crippen LogP contribution in [0.3, 0.4) is 0 Å². The Kier molecular flexibility index (Phi) is 3.47. The minimum Gasteiger partial charge on any atom is -0.480 e. The Bertz CT molecular complexity index is 566. The van der Waals surface area contributed by atoms with Gasteiger partial charge in [0.1, 0.15) is 11.7 Å². The van der Waals surface area contributed by atoms with Gasteiger partial charge in [0.2, 0.25) is 0 Å². The number of carboxylic acids is 1. The van der Waals surface area contributed by atoms with E-state index in [2.05, 4.69) is 10.2 Å². The van der Waals surface area contributed by atoms with Crippen LogP contribution in [0.25, 0.3) is 0 Å². The zero-order chi connectivity index (χ0) is 15.1. The van der Waals surface area contributed by atoms with Gasteiger partial charge in [-0.1, -0.05) is 20.3 Å². The number of carbonyl (C=O) groups is 2. The monoisotopic (exact) mass is 291 g/mol. The van der Waals surface area contributed by atoms with Gasteiger partial charge >= 0.3 is 5.97 Å². The molecule has 1 saturated carbocycles. The van der Waals surface area contributed by atoms with Crippen LogP contribution in [0.5, 0.6) is 0 Å². The second-order valence-corrected chi connectivity index (χ2v) is 6.46. The molecule has 3 rings (SSSR count). The summed E-state index contributed by atoms with van der Waals surface area (Å²) in [5.74, 6) is -0.460. The van der Waals surface area contributed by atoms with Crippen LogP contribution in [0.15, 0.2) is 6.07 Å². The van der Waals surface area contributed by atoms with Gasteiger partial charge < -0.3 is 10.0 Å². The average Bonchev–Trinajstić information content (AvgIpc) is 3.11. The fourth-order valence-electron chi connectivity index (χ4n) is 3.72. The molecule has 0 spiro atoms. The van der Waals surface area contributed by atoms with E-state index in [1.807, 2.05) is 13.8 Å². The molecule has 114 valence electrons. The lowest BCUT2D eigenvalue weighted by atomic mass is 9.94. The third-order valence-corrected chi connectivity index (χ3v) is 4.84. The number of H-pyrrole nitrogens is 1. The van der Waals surface area contributed by atoms with Crippen molar-refractivity contribution in [3.05, 3.63) is 17.5 Å². The average molecular weight is 291 g/mol. The molecule has 3 atom stereocenters. The van der Waals surface area contributed by atoms with Crippen molar-refractivity contribution in [3.63, 3.8) is 0 Å². The Morgan fingerprint density at radius 1 is 1.43 bits per heavy atom. The van der Waals surface area contributed by atoms with E-state index in [0.29, 0.717) is 18.2 Å². The van der Waals surface area contributed by atoms with Gasteiger partial charge in [-0.05, 0) is 36.7 Å². The molecule has 1 aliphatic heterocycles. The SMILES string of the molecule is CC(C)c1cc(C(=O)N2CC3CCCC3C2C(=O)O)n[nH]1. The Hall–Kier alpha value is -1.85. The molecule has 1 aliphatic carbocycles. The molecule has 2 fully saturated rings. The summed E-state index contributed by atoms with van der Waals surface area (Å²) in [4.78, 5) is 25.7. The van der Waals surface area contributed by atoms with Gasteiger partial charge in [0, 0.05) is 12.2 Å². The number of aromatic nitrogens is 2. The molecular weight excluding hydrogens is 270 g/mol. The second-order valence-electron chi connectivity index (χ2n) is 6.46. The summed E-state index contributed by atoms with van der Waals surface area (Å²) in [6.45, 7) is 4.58. The van der Waals surface area contributed by atoms with Crippen LogP contribution >= 0.6 is 0 Å². The first-order valence-electron chi connectivity index (χ1n) is 7.58. The van der Waals surface area contributed by atoms with E-state index in [0.717, 1.165) is 25.0 Å². The highest BCUT2D eigenvalue weighted by Crippen LogP contribution is 2.42. The van der Waals surface area contributed by atoms with Crippen molar-refractivity contribution in [3.8, 4) is 0 Å². The van der Waals surface area contributed by atoms with Gasteiger partial charge in [-0.2, -0.15) is 5.10 Å². The number of fused-ring (bicyclic) bond motifs is 1. The van der Waals surface area contributed by atoms with E-state index in [9.17, 15) is 14.7 Å². The van der Waals surface area contributed by atoms with Crippen LogP contribution in [0.1, 0.15) is 55.2 Å². The summed E-state index contributed by atoms with van der Waals surface area (Å²) < 4.78 is 0. The van der Waals surface area contributed by atoms with Crippen molar-refractivity contribution in [2.45, 2.75) is 45.1 Å². The number of aromatic amines is 1. The first-order valence-corrected chi connectivity index (χ1v) is 7.58. The smallest absolute Gasteiger partial charge is 0.326 e. The summed E-state index contributed by atoms with van der Waals surface area (Å²) >= 11 is 0. The van der Waals surface area contributed by atoms with Crippen molar-refractivity contribution < 1.29 is 14.7 Å². The van der Waals surface area contributed by atoms with Gasteiger partial charge in [-0.25, -0.2) is 4.79 Å². The Labute approximate surface area is 123 Å². The lowest BCUT2D eigenvalue weighted by Gasteiger charge is -2.23. The number of nitrogens with one attached hydrogen (secondary N) is 1. The van der Waals surface area contributed by atoms with E-state index < -0.39 is 12.0 Å². The number of nitrogens with zero attached hydrogens (tertiary/aromatic N) is 2. The van der Waals surface area contributed by atoms with E-state index >= 15 is 0 Å². The quantitative estimate of drug-likeness (QED) is 0.890. The molecule has 2 heterocycles. The predicted octanol–water partition coefficient (Wildman–Crippen LogP) is 1.86. The number of carbonyl (C=O) groups excluding carboxylic acids is 1. The van der Waals surface area contributed by atoms with E-state index in [1.165, 1.54) is 4.90 Å². The van der Waals surface area contributed by atoms with Crippen LogP contribution in [0.4, 0.5) is 0 Å². The molecule has 1 amide bonds. The zero-order valence-corrected chi connectivity index (χ0v) is 12.4. The van der Waals surface area contributed by atoms with Crippen molar-refractivity contribution in [1.29, 1.82) is 0 Å². The lowest BCUT2D eigenvalue weighted by Crippen LogP contribution is -2.43. The van der Waals surface area contributed by atoms with Gasteiger partial charge in [-0.3, -0.25) is 9.89 Å². The maximum atomic E-state index is 12.6. The fraction of sp³-hybridized carbons (Fsp3) is 0.667. The third kappa shape index (κ3) is 2.32. The summed E-state index contributed by atoms with van der Waals surface area (Å²) in [5.41, 5.74) is 1.22. The molecule has 1 aromatic rings. The lowest BCUT2D eigenvalue weighted by molar-refractivity contribution is -0.142. The first kappa shape index (κ1) is 14.1. The minimum atomic E-state index is -0.891. The highest BCUT2D eigenvalue weighted by molar-refractivity contribution is 5.95. The van der Waals surface area contributed by atoms with E-state index in [1.54, 1.807) is 6.07 Å². The van der Waals surface area contributed by atoms with Crippen molar-refractivity contribution in [2.24, 2.45) is 11.8 Å². The summed E-state index contributed by atoms with van der Waals surface area (Å²) in [7, 11) is 0. The number of hydrogen-bond donors (Lipinski definition) is 2. The number of aliphatic carboxylic acids is 1. The standard InChI is InChI=1S/C15H21N3O3/c1-8(2)11-6-12(17-16-11)14(19)18-7-9-4-3-5-10(9)13(18)15(20)21/h6,8-10,13H,3-5,7H2,1-2H3,(H,16,17)(H,20,21). The molecular formula is C15H21N3O3. The van der Waals surface area contributed by atoms with E-state index in [-0.39, 0.29) is 17.7 Å². The zero-order valence-electron chi connectivity index (χ0n) is 12.4. The summed E-state index contributed by atoms with van der Waals surface area (Å²) in [6, 6.07) is 1.05. The first-order chi connectivity index (χ1) is 9.99. The van der Waals surface area contributed by atoms with Crippen molar-refractivity contribution in [1.82, 2.24) is 15.1 Å². The molecule has 21 heavy (non-hydrogen) atoms. The topological polar surface area (TPSA) is 86.3 Å². The third-order valence-electron chi connectivity index (χ3n) is 4.84. The fourth-order valence-corrected chi connectivity index (χ4v) is 3.72. The van der Waals surface area contributed by atoms with Crippen LogP contribution in [-0.2, 0) is 4.79 Å². The maximum absolute atomic E-state index is 12.6. The molecule has 1 saturated heterocycles. The molecule has 0 radical (unpaired) electrons. The molecule has 2 aliphatic rings. The van der Waals surface area contributed by atoms with Gasteiger partial charge in [0.05, 0.1) is 0 Å². The van der Waals surface area contributed by atoms with Crippen LogP contribution < -0.4 is 0 Å². The number of rotatable bonds is 3. The highest BCUT2D eigenvalue weighted by Gasteiger charge is 2.49.